The van der Waals surface area contributed by atoms with Gasteiger partial charge in [-0.05, 0) is 49.4 Å². The molecule has 0 atom stereocenters. The largest absolute Gasteiger partial charge is 0.324 e. The normalized spacial score (nSPS) is 11.1. The van der Waals surface area contributed by atoms with Crippen molar-refractivity contribution in [1.29, 1.82) is 0 Å². The number of ketones is 1. The van der Waals surface area contributed by atoms with Crippen molar-refractivity contribution in [3.63, 3.8) is 0 Å². The molecule has 0 aromatic heterocycles. The maximum absolute atomic E-state index is 13.2. The first kappa shape index (κ1) is 19.9. The van der Waals surface area contributed by atoms with E-state index in [9.17, 15) is 22.4 Å². The third-order valence-corrected chi connectivity index (χ3v) is 4.88. The van der Waals surface area contributed by atoms with Crippen molar-refractivity contribution in [2.45, 2.75) is 6.92 Å². The lowest BCUT2D eigenvalue weighted by molar-refractivity contribution is -0.114. The number of rotatable bonds is 6. The van der Waals surface area contributed by atoms with Gasteiger partial charge in [-0.3, -0.25) is 13.9 Å². The molecule has 0 heterocycles. The van der Waals surface area contributed by atoms with E-state index in [1.165, 1.54) is 43.3 Å². The predicted molar refractivity (Wildman–Crippen MR) is 98.7 cm³/mol. The summed E-state index contributed by atoms with van der Waals surface area (Å²) < 4.78 is 38.1. The Morgan fingerprint density at radius 3 is 2.27 bits per heavy atom. The molecule has 0 saturated carbocycles. The number of Topliss-reactive ketones (excluding diaryl/α,β-unsaturated/α-hetero) is 1. The summed E-state index contributed by atoms with van der Waals surface area (Å²) >= 11 is 5.65. The Kier molecular flexibility index (Phi) is 5.99. The van der Waals surface area contributed by atoms with E-state index in [1.807, 2.05) is 0 Å². The fraction of sp³-hybridized carbons (Fsp3) is 0.176. The van der Waals surface area contributed by atoms with Gasteiger partial charge >= 0.3 is 0 Å². The Balaban J connectivity index is 2.21. The lowest BCUT2D eigenvalue weighted by Crippen LogP contribution is -2.37. The molecule has 1 N–H and O–H groups in total. The highest BCUT2D eigenvalue weighted by Gasteiger charge is 2.21. The molecule has 1 amide bonds. The topological polar surface area (TPSA) is 83.6 Å². The molecule has 0 unspecified atom stereocenters. The van der Waals surface area contributed by atoms with Crippen molar-refractivity contribution in [2.75, 3.05) is 22.4 Å². The number of carbonyl (C=O) groups is 2. The standard InChI is InChI=1S/C17H16ClFN2O4S/c1-11(22)12-3-6-14(7-4-12)21(26(2,24)25)10-17(23)20-13-5-8-16(19)15(18)9-13/h3-9H,10H2,1-2H3,(H,20,23). The monoisotopic (exact) mass is 398 g/mol. The van der Waals surface area contributed by atoms with Crippen LogP contribution >= 0.6 is 11.6 Å². The summed E-state index contributed by atoms with van der Waals surface area (Å²) in [4.78, 5) is 23.5. The van der Waals surface area contributed by atoms with Crippen molar-refractivity contribution < 1.29 is 22.4 Å². The summed E-state index contributed by atoms with van der Waals surface area (Å²) in [7, 11) is -3.75. The van der Waals surface area contributed by atoms with Crippen LogP contribution in [0.3, 0.4) is 0 Å². The van der Waals surface area contributed by atoms with E-state index >= 15 is 0 Å². The van der Waals surface area contributed by atoms with Crippen molar-refractivity contribution >= 4 is 44.7 Å². The van der Waals surface area contributed by atoms with Crippen LogP contribution in [0.5, 0.6) is 0 Å². The number of nitrogens with one attached hydrogen (secondary N) is 1. The maximum atomic E-state index is 13.2. The highest BCUT2D eigenvalue weighted by Crippen LogP contribution is 2.21. The van der Waals surface area contributed by atoms with Gasteiger partial charge in [-0.1, -0.05) is 11.6 Å². The molecule has 0 aliphatic heterocycles. The number of halogens is 2. The minimum atomic E-state index is -3.75. The van der Waals surface area contributed by atoms with Gasteiger partial charge in [0, 0.05) is 11.3 Å². The molecule has 0 bridgehead atoms. The lowest BCUT2D eigenvalue weighted by atomic mass is 10.1. The van der Waals surface area contributed by atoms with Crippen molar-refractivity contribution in [1.82, 2.24) is 0 Å². The first-order valence-electron chi connectivity index (χ1n) is 7.41. The molecule has 138 valence electrons. The van der Waals surface area contributed by atoms with Crippen LogP contribution in [0.25, 0.3) is 0 Å². The van der Waals surface area contributed by atoms with E-state index in [2.05, 4.69) is 5.32 Å². The Bertz CT molecular complexity index is 946. The summed E-state index contributed by atoms with van der Waals surface area (Å²) in [6.45, 7) is 0.901. The summed E-state index contributed by atoms with van der Waals surface area (Å²) in [5, 5.41) is 2.30. The molecule has 0 spiro atoms. The van der Waals surface area contributed by atoms with Crippen molar-refractivity contribution in [3.8, 4) is 0 Å². The molecule has 2 aromatic carbocycles. The van der Waals surface area contributed by atoms with Crippen LogP contribution in [-0.4, -0.2) is 32.9 Å². The van der Waals surface area contributed by atoms with E-state index < -0.39 is 28.3 Å². The molecular weight excluding hydrogens is 383 g/mol. The van der Waals surface area contributed by atoms with E-state index in [1.54, 1.807) is 0 Å². The average molecular weight is 399 g/mol. The number of anilines is 2. The number of sulfonamides is 1. The van der Waals surface area contributed by atoms with Crippen LogP contribution in [0, 0.1) is 5.82 Å². The van der Waals surface area contributed by atoms with E-state index in [4.69, 9.17) is 11.6 Å². The molecule has 0 fully saturated rings. The first-order chi connectivity index (χ1) is 12.1. The van der Waals surface area contributed by atoms with E-state index in [0.717, 1.165) is 16.6 Å². The van der Waals surface area contributed by atoms with Crippen LogP contribution in [0.4, 0.5) is 15.8 Å². The molecule has 0 aliphatic rings. The van der Waals surface area contributed by atoms with Gasteiger partial charge in [0.25, 0.3) is 0 Å². The van der Waals surface area contributed by atoms with Gasteiger partial charge in [0.05, 0.1) is 17.0 Å². The second kappa shape index (κ2) is 7.84. The maximum Gasteiger partial charge on any atom is 0.245 e. The summed E-state index contributed by atoms with van der Waals surface area (Å²) in [6, 6.07) is 9.47. The summed E-state index contributed by atoms with van der Waals surface area (Å²) in [5.41, 5.74) is 0.902. The van der Waals surface area contributed by atoms with Gasteiger partial charge in [-0.15, -0.1) is 0 Å². The molecule has 2 aromatic rings. The number of benzene rings is 2. The summed E-state index contributed by atoms with van der Waals surface area (Å²) in [5.74, 6) is -1.42. The zero-order valence-electron chi connectivity index (χ0n) is 14.0. The molecule has 0 radical (unpaired) electrons. The first-order valence-corrected chi connectivity index (χ1v) is 9.64. The average Bonchev–Trinajstić information content (AvgIpc) is 2.55. The third kappa shape index (κ3) is 5.03. The van der Waals surface area contributed by atoms with Crippen LogP contribution in [0.2, 0.25) is 5.02 Å². The van der Waals surface area contributed by atoms with Crippen LogP contribution in [0.15, 0.2) is 42.5 Å². The van der Waals surface area contributed by atoms with Crippen LogP contribution in [-0.2, 0) is 14.8 Å². The zero-order valence-corrected chi connectivity index (χ0v) is 15.6. The second-order valence-corrected chi connectivity index (χ2v) is 7.86. The Morgan fingerprint density at radius 1 is 1.15 bits per heavy atom. The van der Waals surface area contributed by atoms with Crippen LogP contribution in [0.1, 0.15) is 17.3 Å². The molecule has 0 aliphatic carbocycles. The Morgan fingerprint density at radius 2 is 1.77 bits per heavy atom. The molecule has 6 nitrogen and oxygen atoms in total. The fourth-order valence-electron chi connectivity index (χ4n) is 2.17. The van der Waals surface area contributed by atoms with Gasteiger partial charge in [0.1, 0.15) is 12.4 Å². The van der Waals surface area contributed by atoms with E-state index in [0.29, 0.717) is 5.56 Å². The number of amides is 1. The highest BCUT2D eigenvalue weighted by atomic mass is 35.5. The second-order valence-electron chi connectivity index (χ2n) is 5.55. The predicted octanol–water partition coefficient (Wildman–Crippen LogP) is 3.09. The molecule has 2 rings (SSSR count). The molecule has 26 heavy (non-hydrogen) atoms. The van der Waals surface area contributed by atoms with E-state index in [-0.39, 0.29) is 22.2 Å². The molecule has 0 saturated heterocycles. The van der Waals surface area contributed by atoms with Gasteiger partial charge in [-0.25, -0.2) is 12.8 Å². The van der Waals surface area contributed by atoms with Gasteiger partial charge in [-0.2, -0.15) is 0 Å². The minimum Gasteiger partial charge on any atom is -0.324 e. The van der Waals surface area contributed by atoms with Gasteiger partial charge in [0.15, 0.2) is 5.78 Å². The zero-order chi connectivity index (χ0) is 19.5. The third-order valence-electron chi connectivity index (χ3n) is 3.45. The fourth-order valence-corrected chi connectivity index (χ4v) is 3.20. The highest BCUT2D eigenvalue weighted by molar-refractivity contribution is 7.92. The smallest absolute Gasteiger partial charge is 0.245 e. The molecule has 9 heteroatoms. The number of hydrogen-bond acceptors (Lipinski definition) is 4. The summed E-state index contributed by atoms with van der Waals surface area (Å²) in [6.07, 6.45) is 0.966. The quantitative estimate of drug-likeness (QED) is 0.758. The molecular formula is C17H16ClFN2O4S. The van der Waals surface area contributed by atoms with Gasteiger partial charge < -0.3 is 5.32 Å². The minimum absolute atomic E-state index is 0.159. The number of nitrogens with zero attached hydrogens (tertiary/aromatic N) is 1. The van der Waals surface area contributed by atoms with Crippen molar-refractivity contribution in [2.24, 2.45) is 0 Å². The number of carbonyl (C=O) groups excluding carboxylic acids is 2. The number of hydrogen-bond donors (Lipinski definition) is 1. The Labute approximate surface area is 155 Å². The SMILES string of the molecule is CC(=O)c1ccc(N(CC(=O)Nc2ccc(F)c(Cl)c2)S(C)(=O)=O)cc1. The van der Waals surface area contributed by atoms with Crippen LogP contribution < -0.4 is 9.62 Å². The lowest BCUT2D eigenvalue weighted by Gasteiger charge is -2.22. The van der Waals surface area contributed by atoms with Gasteiger partial charge in [0.2, 0.25) is 15.9 Å². The van der Waals surface area contributed by atoms with Crippen molar-refractivity contribution in [3.05, 3.63) is 58.9 Å². The Hall–Kier alpha value is -2.45.